The SMILES string of the molecule is CC1=C(C(=O)Nc2cc(-c3nn[nH]n3)ccn2)C(c2ccc(C)cc2Cl)N=C(Nc2nc3ccc(F)cc3o2)N1. The topological polar surface area (TPSA) is 159 Å². The minimum absolute atomic E-state index is 0.101. The first-order valence-electron chi connectivity index (χ1n) is 12.0. The summed E-state index contributed by atoms with van der Waals surface area (Å²) in [6, 6.07) is 12.2. The molecule has 0 aliphatic carbocycles. The number of hydrogen-bond acceptors (Lipinski definition) is 10. The molecule has 14 heteroatoms. The maximum Gasteiger partial charge on any atom is 0.302 e. The van der Waals surface area contributed by atoms with Crippen LogP contribution in [0.5, 0.6) is 0 Å². The molecule has 1 amide bonds. The lowest BCUT2D eigenvalue weighted by Crippen LogP contribution is -2.37. The first-order valence-corrected chi connectivity index (χ1v) is 12.4. The van der Waals surface area contributed by atoms with Crippen LogP contribution in [-0.4, -0.2) is 42.5 Å². The van der Waals surface area contributed by atoms with Crippen molar-refractivity contribution in [1.82, 2.24) is 35.9 Å². The molecule has 12 nitrogen and oxygen atoms in total. The van der Waals surface area contributed by atoms with Gasteiger partial charge < -0.3 is 15.1 Å². The number of aryl methyl sites for hydroxylation is 1. The Morgan fingerprint density at radius 2 is 2.00 bits per heavy atom. The first-order chi connectivity index (χ1) is 19.3. The van der Waals surface area contributed by atoms with Crippen molar-refractivity contribution in [3.8, 4) is 11.4 Å². The second-order valence-corrected chi connectivity index (χ2v) is 9.35. The van der Waals surface area contributed by atoms with Crippen LogP contribution < -0.4 is 16.0 Å². The molecule has 40 heavy (non-hydrogen) atoms. The number of aromatic amines is 1. The van der Waals surface area contributed by atoms with Crippen LogP contribution >= 0.6 is 11.6 Å². The average molecular weight is 559 g/mol. The number of pyridine rings is 1. The van der Waals surface area contributed by atoms with Crippen LogP contribution in [0.15, 0.2) is 75.4 Å². The molecule has 0 radical (unpaired) electrons. The number of aromatic nitrogens is 6. The Hall–Kier alpha value is -5.17. The minimum Gasteiger partial charge on any atom is -0.423 e. The largest absolute Gasteiger partial charge is 0.423 e. The molecule has 0 saturated carbocycles. The van der Waals surface area contributed by atoms with Gasteiger partial charge in [-0.15, -0.1) is 10.2 Å². The Bertz CT molecular complexity index is 1820. The lowest BCUT2D eigenvalue weighted by molar-refractivity contribution is -0.113. The summed E-state index contributed by atoms with van der Waals surface area (Å²) in [5.74, 6) is 0.0285. The molecule has 6 rings (SSSR count). The summed E-state index contributed by atoms with van der Waals surface area (Å²) < 4.78 is 19.2. The molecule has 1 aliphatic heterocycles. The van der Waals surface area contributed by atoms with Gasteiger partial charge in [-0.25, -0.2) is 14.4 Å². The number of hydrogen-bond donors (Lipinski definition) is 4. The van der Waals surface area contributed by atoms with Crippen molar-refractivity contribution in [2.24, 2.45) is 4.99 Å². The molecule has 0 bridgehead atoms. The van der Waals surface area contributed by atoms with Gasteiger partial charge in [0.05, 0.1) is 5.57 Å². The Kier molecular flexibility index (Phi) is 6.40. The number of allylic oxidation sites excluding steroid dienone is 1. The third kappa shape index (κ3) is 4.97. The lowest BCUT2D eigenvalue weighted by atomic mass is 9.95. The van der Waals surface area contributed by atoms with E-state index in [0.717, 1.165) is 5.56 Å². The molecule has 0 fully saturated rings. The second-order valence-electron chi connectivity index (χ2n) is 8.94. The van der Waals surface area contributed by atoms with E-state index in [9.17, 15) is 9.18 Å². The molecule has 3 aromatic heterocycles. The van der Waals surface area contributed by atoms with E-state index in [2.05, 4.69) is 46.5 Å². The van der Waals surface area contributed by atoms with Crippen molar-refractivity contribution in [1.29, 1.82) is 0 Å². The summed E-state index contributed by atoms with van der Waals surface area (Å²) in [7, 11) is 0. The van der Waals surface area contributed by atoms with Crippen LogP contribution in [0.1, 0.15) is 24.1 Å². The van der Waals surface area contributed by atoms with Gasteiger partial charge in [-0.1, -0.05) is 23.7 Å². The number of halogens is 2. The second kappa shape index (κ2) is 10.2. The Morgan fingerprint density at radius 3 is 2.80 bits per heavy atom. The van der Waals surface area contributed by atoms with Gasteiger partial charge in [0.15, 0.2) is 5.58 Å². The molecule has 2 aromatic carbocycles. The van der Waals surface area contributed by atoms with E-state index in [-0.39, 0.29) is 23.4 Å². The molecular formula is C26H20ClFN10O2. The number of carbonyl (C=O) groups excluding carboxylic acids is 1. The molecule has 0 saturated heterocycles. The average Bonchev–Trinajstić information content (AvgIpc) is 3.58. The Morgan fingerprint density at radius 1 is 1.12 bits per heavy atom. The molecule has 4 N–H and O–H groups in total. The van der Waals surface area contributed by atoms with Crippen LogP contribution in [0, 0.1) is 12.7 Å². The van der Waals surface area contributed by atoms with Gasteiger partial charge in [-0.05, 0) is 55.0 Å². The highest BCUT2D eigenvalue weighted by molar-refractivity contribution is 6.31. The molecule has 5 aromatic rings. The number of amides is 1. The number of guanidine groups is 1. The lowest BCUT2D eigenvalue weighted by Gasteiger charge is -2.27. The van der Waals surface area contributed by atoms with Gasteiger partial charge in [-0.2, -0.15) is 10.2 Å². The first kappa shape index (κ1) is 25.1. The maximum absolute atomic E-state index is 13.7. The minimum atomic E-state index is -0.793. The molecule has 1 atom stereocenters. The number of carbonyl (C=O) groups is 1. The summed E-state index contributed by atoms with van der Waals surface area (Å²) in [5, 5.41) is 23.2. The number of benzene rings is 2. The number of nitrogens with zero attached hydrogens (tertiary/aromatic N) is 6. The van der Waals surface area contributed by atoms with Crippen molar-refractivity contribution < 1.29 is 13.6 Å². The number of tetrazole rings is 1. The van der Waals surface area contributed by atoms with Gasteiger partial charge in [0.25, 0.3) is 5.91 Å². The third-order valence-electron chi connectivity index (χ3n) is 6.12. The fraction of sp³-hybridized carbons (Fsp3) is 0.115. The van der Waals surface area contributed by atoms with Crippen LogP contribution in [0.2, 0.25) is 5.02 Å². The Labute approximate surface area is 230 Å². The van der Waals surface area contributed by atoms with Gasteiger partial charge >= 0.3 is 6.01 Å². The maximum atomic E-state index is 13.7. The monoisotopic (exact) mass is 558 g/mol. The van der Waals surface area contributed by atoms with E-state index >= 15 is 0 Å². The number of fused-ring (bicyclic) bond motifs is 1. The molecule has 4 heterocycles. The zero-order chi connectivity index (χ0) is 27.8. The number of oxazole rings is 1. The van der Waals surface area contributed by atoms with E-state index in [1.165, 1.54) is 24.4 Å². The molecule has 1 unspecified atom stereocenters. The van der Waals surface area contributed by atoms with E-state index in [0.29, 0.717) is 38.8 Å². The summed E-state index contributed by atoms with van der Waals surface area (Å²) in [6.07, 6.45) is 1.53. The van der Waals surface area contributed by atoms with Gasteiger partial charge in [0.1, 0.15) is 23.2 Å². The smallest absolute Gasteiger partial charge is 0.302 e. The summed E-state index contributed by atoms with van der Waals surface area (Å²) in [6.45, 7) is 3.66. The van der Waals surface area contributed by atoms with Crippen molar-refractivity contribution in [2.75, 3.05) is 10.6 Å². The molecular weight excluding hydrogens is 539 g/mol. The predicted molar refractivity (Wildman–Crippen MR) is 146 cm³/mol. The van der Waals surface area contributed by atoms with E-state index < -0.39 is 17.8 Å². The highest BCUT2D eigenvalue weighted by Gasteiger charge is 2.31. The van der Waals surface area contributed by atoms with Crippen LogP contribution in [0.3, 0.4) is 0 Å². The number of aliphatic imine (C=N–C) groups is 1. The molecule has 1 aliphatic rings. The number of rotatable bonds is 5. The van der Waals surface area contributed by atoms with Crippen LogP contribution in [0.4, 0.5) is 16.2 Å². The summed E-state index contributed by atoms with van der Waals surface area (Å²) in [5.41, 5.74) is 3.77. The Balaban J connectivity index is 1.33. The predicted octanol–water partition coefficient (Wildman–Crippen LogP) is 4.53. The van der Waals surface area contributed by atoms with Gasteiger partial charge in [0, 0.05) is 34.1 Å². The van der Waals surface area contributed by atoms with Crippen LogP contribution in [0.25, 0.3) is 22.5 Å². The fourth-order valence-corrected chi connectivity index (χ4v) is 4.61. The fourth-order valence-electron chi connectivity index (χ4n) is 4.27. The normalized spacial score (nSPS) is 15.1. The van der Waals surface area contributed by atoms with Crippen molar-refractivity contribution >= 4 is 46.4 Å². The quantitative estimate of drug-likeness (QED) is 0.243. The van der Waals surface area contributed by atoms with Crippen LogP contribution in [-0.2, 0) is 4.79 Å². The zero-order valence-corrected chi connectivity index (χ0v) is 21.8. The number of anilines is 2. The number of H-pyrrole nitrogens is 1. The molecule has 0 spiro atoms. The van der Waals surface area contributed by atoms with Gasteiger partial charge in [-0.3, -0.25) is 10.1 Å². The number of nitrogens with one attached hydrogen (secondary N) is 4. The summed E-state index contributed by atoms with van der Waals surface area (Å²) in [4.78, 5) is 27.0. The molecule has 200 valence electrons. The van der Waals surface area contributed by atoms with Crippen molar-refractivity contribution in [3.05, 3.63) is 88.0 Å². The van der Waals surface area contributed by atoms with E-state index in [1.54, 1.807) is 25.1 Å². The van der Waals surface area contributed by atoms with Crippen molar-refractivity contribution in [3.63, 3.8) is 0 Å². The standard InChI is InChI=1S/C26H20ClFN10O2/c1-12-3-5-16(17(27)9-12)22-21(24(39)32-20-10-14(7-8-29-20)23-35-37-38-36-23)13(2)30-25(33-22)34-26-31-18-6-4-15(28)11-19(18)40-26/h3-11,22H,1-2H3,(H,29,32,39)(H2,30,31,33,34)(H,35,36,37,38). The highest BCUT2D eigenvalue weighted by Crippen LogP contribution is 2.36. The third-order valence-corrected chi connectivity index (χ3v) is 6.44. The van der Waals surface area contributed by atoms with E-state index in [1.807, 2.05) is 19.1 Å². The van der Waals surface area contributed by atoms with Crippen molar-refractivity contribution in [2.45, 2.75) is 19.9 Å². The zero-order valence-electron chi connectivity index (χ0n) is 21.0. The highest BCUT2D eigenvalue weighted by atomic mass is 35.5. The van der Waals surface area contributed by atoms with Gasteiger partial charge in [0.2, 0.25) is 11.8 Å². The summed E-state index contributed by atoms with van der Waals surface area (Å²) >= 11 is 6.63. The van der Waals surface area contributed by atoms with E-state index in [4.69, 9.17) is 21.0 Å².